The van der Waals surface area contributed by atoms with Crippen LogP contribution in [0.2, 0.25) is 0 Å². The number of benzene rings is 1. The molecule has 1 N–H and O–H groups in total. The molecular weight excluding hydrogens is 274 g/mol. The second-order valence-corrected chi connectivity index (χ2v) is 6.82. The van der Waals surface area contributed by atoms with Gasteiger partial charge in [-0.1, -0.05) is 36.7 Å². The summed E-state index contributed by atoms with van der Waals surface area (Å²) < 4.78 is 1.17. The van der Waals surface area contributed by atoms with Gasteiger partial charge in [-0.05, 0) is 54.9 Å². The minimum atomic E-state index is 0.513. The van der Waals surface area contributed by atoms with Gasteiger partial charge >= 0.3 is 0 Å². The molecule has 0 aromatic heterocycles. The highest BCUT2D eigenvalue weighted by atomic mass is 79.9. The Morgan fingerprint density at radius 2 is 2.18 bits per heavy atom. The SMILES string of the molecule is CCc1cc(Br)ccc1NC1CCC(C)(C)C1. The Kier molecular flexibility index (Phi) is 3.82. The molecule has 0 aliphatic heterocycles. The van der Waals surface area contributed by atoms with E-state index in [0.29, 0.717) is 11.5 Å². The minimum absolute atomic E-state index is 0.513. The van der Waals surface area contributed by atoms with Gasteiger partial charge in [-0.25, -0.2) is 0 Å². The van der Waals surface area contributed by atoms with E-state index in [-0.39, 0.29) is 0 Å². The number of hydrogen-bond acceptors (Lipinski definition) is 1. The van der Waals surface area contributed by atoms with Gasteiger partial charge in [0.25, 0.3) is 0 Å². The average molecular weight is 296 g/mol. The predicted molar refractivity (Wildman–Crippen MR) is 78.6 cm³/mol. The lowest BCUT2D eigenvalue weighted by atomic mass is 9.92. The fourth-order valence-corrected chi connectivity index (χ4v) is 3.18. The van der Waals surface area contributed by atoms with E-state index in [0.717, 1.165) is 6.42 Å². The quantitative estimate of drug-likeness (QED) is 0.827. The van der Waals surface area contributed by atoms with Crippen LogP contribution in [0.3, 0.4) is 0 Å². The van der Waals surface area contributed by atoms with Gasteiger partial charge in [-0.3, -0.25) is 0 Å². The predicted octanol–water partition coefficient (Wildman–Crippen LogP) is 5.00. The summed E-state index contributed by atoms with van der Waals surface area (Å²) in [5.41, 5.74) is 3.24. The van der Waals surface area contributed by atoms with Crippen molar-refractivity contribution in [1.29, 1.82) is 0 Å². The molecule has 17 heavy (non-hydrogen) atoms. The van der Waals surface area contributed by atoms with Crippen molar-refractivity contribution in [3.05, 3.63) is 28.2 Å². The van der Waals surface area contributed by atoms with Crippen LogP contribution in [0.25, 0.3) is 0 Å². The van der Waals surface area contributed by atoms with Crippen molar-refractivity contribution >= 4 is 21.6 Å². The molecule has 1 atom stereocenters. The molecule has 94 valence electrons. The van der Waals surface area contributed by atoms with Gasteiger partial charge in [-0.15, -0.1) is 0 Å². The summed E-state index contributed by atoms with van der Waals surface area (Å²) in [5, 5.41) is 3.72. The molecule has 1 aromatic rings. The zero-order chi connectivity index (χ0) is 12.5. The molecule has 1 saturated carbocycles. The van der Waals surface area contributed by atoms with E-state index in [1.165, 1.54) is 35.0 Å². The second-order valence-electron chi connectivity index (χ2n) is 5.90. The lowest BCUT2D eigenvalue weighted by molar-refractivity contribution is 0.378. The van der Waals surface area contributed by atoms with Gasteiger partial charge in [0.2, 0.25) is 0 Å². The molecule has 0 amide bonds. The third-order valence-corrected chi connectivity index (χ3v) is 4.27. The summed E-state index contributed by atoms with van der Waals surface area (Å²) in [6, 6.07) is 7.20. The van der Waals surface area contributed by atoms with Crippen LogP contribution in [-0.2, 0) is 6.42 Å². The number of hydrogen-bond donors (Lipinski definition) is 1. The highest BCUT2D eigenvalue weighted by Crippen LogP contribution is 2.38. The van der Waals surface area contributed by atoms with Crippen LogP contribution in [-0.4, -0.2) is 6.04 Å². The van der Waals surface area contributed by atoms with Crippen LogP contribution in [0.4, 0.5) is 5.69 Å². The monoisotopic (exact) mass is 295 g/mol. The fourth-order valence-electron chi connectivity index (χ4n) is 2.77. The van der Waals surface area contributed by atoms with Gasteiger partial charge in [0.05, 0.1) is 0 Å². The van der Waals surface area contributed by atoms with E-state index in [1.54, 1.807) is 0 Å². The summed E-state index contributed by atoms with van der Waals surface area (Å²) in [6.45, 7) is 6.96. The van der Waals surface area contributed by atoms with E-state index >= 15 is 0 Å². The topological polar surface area (TPSA) is 12.0 Å². The van der Waals surface area contributed by atoms with Gasteiger partial charge < -0.3 is 5.32 Å². The number of nitrogens with one attached hydrogen (secondary N) is 1. The van der Waals surface area contributed by atoms with Gasteiger partial charge in [0.1, 0.15) is 0 Å². The molecule has 1 fully saturated rings. The number of anilines is 1. The molecule has 0 saturated heterocycles. The summed E-state index contributed by atoms with van der Waals surface area (Å²) in [6.07, 6.45) is 5.00. The first-order chi connectivity index (χ1) is 8.00. The van der Waals surface area contributed by atoms with Gasteiger partial charge in [-0.2, -0.15) is 0 Å². The molecule has 1 aliphatic carbocycles. The maximum absolute atomic E-state index is 3.72. The lowest BCUT2D eigenvalue weighted by Crippen LogP contribution is -2.18. The summed E-state index contributed by atoms with van der Waals surface area (Å²) in [4.78, 5) is 0. The maximum atomic E-state index is 3.72. The summed E-state index contributed by atoms with van der Waals surface area (Å²) in [5.74, 6) is 0. The Hall–Kier alpha value is -0.500. The molecule has 0 bridgehead atoms. The van der Waals surface area contributed by atoms with Crippen molar-refractivity contribution in [2.24, 2.45) is 5.41 Å². The maximum Gasteiger partial charge on any atom is 0.0375 e. The van der Waals surface area contributed by atoms with E-state index in [9.17, 15) is 0 Å². The molecule has 1 nitrogen and oxygen atoms in total. The molecule has 0 radical (unpaired) electrons. The highest BCUT2D eigenvalue weighted by molar-refractivity contribution is 9.10. The Morgan fingerprint density at radius 3 is 2.76 bits per heavy atom. The molecule has 1 aliphatic rings. The van der Waals surface area contributed by atoms with E-state index in [4.69, 9.17) is 0 Å². The molecule has 1 unspecified atom stereocenters. The van der Waals surface area contributed by atoms with Crippen LogP contribution < -0.4 is 5.32 Å². The van der Waals surface area contributed by atoms with Gasteiger partial charge in [0.15, 0.2) is 0 Å². The molecular formula is C15H22BrN. The van der Waals surface area contributed by atoms with Crippen molar-refractivity contribution in [2.45, 2.75) is 52.5 Å². The van der Waals surface area contributed by atoms with Crippen molar-refractivity contribution < 1.29 is 0 Å². The average Bonchev–Trinajstić information content (AvgIpc) is 2.61. The number of rotatable bonds is 3. The number of aryl methyl sites for hydroxylation is 1. The molecule has 2 heteroatoms. The van der Waals surface area contributed by atoms with E-state index in [1.807, 2.05) is 0 Å². The molecule has 1 aromatic carbocycles. The zero-order valence-electron chi connectivity index (χ0n) is 11.0. The molecule has 0 spiro atoms. The summed E-state index contributed by atoms with van der Waals surface area (Å²) >= 11 is 3.54. The smallest absolute Gasteiger partial charge is 0.0375 e. The molecule has 2 rings (SSSR count). The first kappa shape index (κ1) is 12.9. The van der Waals surface area contributed by atoms with E-state index < -0.39 is 0 Å². The van der Waals surface area contributed by atoms with Crippen molar-refractivity contribution in [3.63, 3.8) is 0 Å². The Labute approximate surface area is 113 Å². The normalized spacial score (nSPS) is 22.7. The third kappa shape index (κ3) is 3.25. The van der Waals surface area contributed by atoms with Gasteiger partial charge in [0, 0.05) is 16.2 Å². The zero-order valence-corrected chi connectivity index (χ0v) is 12.6. The Morgan fingerprint density at radius 1 is 1.41 bits per heavy atom. The fraction of sp³-hybridized carbons (Fsp3) is 0.600. The molecule has 0 heterocycles. The lowest BCUT2D eigenvalue weighted by Gasteiger charge is -2.20. The van der Waals surface area contributed by atoms with Crippen LogP contribution in [0.15, 0.2) is 22.7 Å². The Balaban J connectivity index is 2.09. The first-order valence-corrected chi connectivity index (χ1v) is 7.34. The number of halogens is 1. The van der Waals surface area contributed by atoms with Crippen molar-refractivity contribution in [1.82, 2.24) is 0 Å². The second kappa shape index (κ2) is 5.01. The summed E-state index contributed by atoms with van der Waals surface area (Å²) in [7, 11) is 0. The van der Waals surface area contributed by atoms with Crippen LogP contribution in [0, 0.1) is 5.41 Å². The standard InChI is InChI=1S/C15H22BrN/c1-4-11-9-12(16)5-6-14(11)17-13-7-8-15(2,3)10-13/h5-6,9,13,17H,4,7-8,10H2,1-3H3. The van der Waals surface area contributed by atoms with Crippen LogP contribution >= 0.6 is 15.9 Å². The Bertz CT molecular complexity index is 398. The highest BCUT2D eigenvalue weighted by Gasteiger charge is 2.30. The largest absolute Gasteiger partial charge is 0.382 e. The minimum Gasteiger partial charge on any atom is -0.382 e. The third-order valence-electron chi connectivity index (χ3n) is 3.78. The first-order valence-electron chi connectivity index (χ1n) is 6.55. The van der Waals surface area contributed by atoms with Crippen molar-refractivity contribution in [2.75, 3.05) is 5.32 Å². The van der Waals surface area contributed by atoms with Crippen LogP contribution in [0.1, 0.15) is 45.6 Å². The van der Waals surface area contributed by atoms with Crippen molar-refractivity contribution in [3.8, 4) is 0 Å². The van der Waals surface area contributed by atoms with Crippen LogP contribution in [0.5, 0.6) is 0 Å². The van der Waals surface area contributed by atoms with E-state index in [2.05, 4.69) is 60.2 Å².